The Morgan fingerprint density at radius 1 is 0.889 bits per heavy atom. The summed E-state index contributed by atoms with van der Waals surface area (Å²) in [6, 6.07) is 12.5. The van der Waals surface area contributed by atoms with Crippen molar-refractivity contribution in [1.82, 2.24) is 0 Å². The van der Waals surface area contributed by atoms with Crippen LogP contribution in [0.15, 0.2) is 48.5 Å². The molecule has 0 atom stereocenters. The SMILES string of the molecule is O=P(O)(O)c1ccc(Oc2ccc(Cl)cc2)cc1. The van der Waals surface area contributed by atoms with Crippen molar-refractivity contribution in [2.24, 2.45) is 0 Å². The van der Waals surface area contributed by atoms with Crippen LogP contribution >= 0.6 is 19.2 Å². The van der Waals surface area contributed by atoms with Gasteiger partial charge in [0.1, 0.15) is 11.5 Å². The molecule has 0 bridgehead atoms. The van der Waals surface area contributed by atoms with Gasteiger partial charge in [-0.25, -0.2) is 0 Å². The Bertz CT molecular complexity index is 574. The summed E-state index contributed by atoms with van der Waals surface area (Å²) in [5.74, 6) is 1.10. The van der Waals surface area contributed by atoms with Crippen molar-refractivity contribution < 1.29 is 19.1 Å². The fraction of sp³-hybridized carbons (Fsp3) is 0. The Hall–Kier alpha value is -1.32. The van der Waals surface area contributed by atoms with Crippen LogP contribution in [0.4, 0.5) is 0 Å². The molecule has 0 fully saturated rings. The molecule has 0 aliphatic carbocycles. The van der Waals surface area contributed by atoms with E-state index in [1.165, 1.54) is 24.3 Å². The summed E-state index contributed by atoms with van der Waals surface area (Å²) in [7, 11) is -4.20. The second-order valence-corrected chi connectivity index (χ2v) is 5.63. The smallest absolute Gasteiger partial charge is 0.356 e. The van der Waals surface area contributed by atoms with Gasteiger partial charge in [0.2, 0.25) is 0 Å². The molecule has 2 rings (SSSR count). The van der Waals surface area contributed by atoms with Gasteiger partial charge in [-0.1, -0.05) is 11.6 Å². The van der Waals surface area contributed by atoms with Crippen LogP contribution in [0, 0.1) is 0 Å². The van der Waals surface area contributed by atoms with E-state index < -0.39 is 7.60 Å². The third kappa shape index (κ3) is 3.34. The van der Waals surface area contributed by atoms with E-state index in [4.69, 9.17) is 26.1 Å². The Labute approximate surface area is 109 Å². The first-order valence-electron chi connectivity index (χ1n) is 5.05. The number of ether oxygens (including phenoxy) is 1. The van der Waals surface area contributed by atoms with Crippen molar-refractivity contribution in [2.45, 2.75) is 0 Å². The molecule has 0 unspecified atom stereocenters. The molecule has 2 aromatic rings. The van der Waals surface area contributed by atoms with Crippen LogP contribution in [0.2, 0.25) is 5.02 Å². The van der Waals surface area contributed by atoms with E-state index in [2.05, 4.69) is 0 Å². The minimum Gasteiger partial charge on any atom is -0.457 e. The molecule has 0 saturated carbocycles. The molecule has 94 valence electrons. The highest BCUT2D eigenvalue weighted by atomic mass is 35.5. The lowest BCUT2D eigenvalue weighted by Gasteiger charge is -2.07. The molecule has 0 aliphatic heterocycles. The molecule has 6 heteroatoms. The lowest BCUT2D eigenvalue weighted by Crippen LogP contribution is -2.02. The molecule has 0 heterocycles. The maximum absolute atomic E-state index is 11.0. The van der Waals surface area contributed by atoms with E-state index >= 15 is 0 Å². The molecule has 4 nitrogen and oxygen atoms in total. The molecule has 0 spiro atoms. The third-order valence-electron chi connectivity index (χ3n) is 2.22. The average Bonchev–Trinajstić information content (AvgIpc) is 2.32. The van der Waals surface area contributed by atoms with Gasteiger partial charge in [0.15, 0.2) is 0 Å². The van der Waals surface area contributed by atoms with Crippen molar-refractivity contribution in [2.75, 3.05) is 0 Å². The summed E-state index contributed by atoms with van der Waals surface area (Å²) < 4.78 is 16.5. The van der Waals surface area contributed by atoms with Gasteiger partial charge in [0.25, 0.3) is 0 Å². The summed E-state index contributed by atoms with van der Waals surface area (Å²) in [5.41, 5.74) is 0. The molecule has 0 amide bonds. The van der Waals surface area contributed by atoms with Crippen molar-refractivity contribution in [3.63, 3.8) is 0 Å². The Morgan fingerprint density at radius 2 is 1.33 bits per heavy atom. The largest absolute Gasteiger partial charge is 0.457 e. The standard InChI is InChI=1S/C12H10ClO4P/c13-9-1-3-10(4-2-9)17-11-5-7-12(8-6-11)18(14,15)16/h1-8H,(H2,14,15,16). The monoisotopic (exact) mass is 284 g/mol. The number of halogens is 1. The van der Waals surface area contributed by atoms with E-state index in [0.29, 0.717) is 16.5 Å². The fourth-order valence-electron chi connectivity index (χ4n) is 1.35. The number of hydrogen-bond donors (Lipinski definition) is 2. The lowest BCUT2D eigenvalue weighted by atomic mass is 10.3. The minimum atomic E-state index is -4.20. The van der Waals surface area contributed by atoms with Crippen molar-refractivity contribution in [3.05, 3.63) is 53.6 Å². The lowest BCUT2D eigenvalue weighted by molar-refractivity contribution is 0.387. The van der Waals surface area contributed by atoms with E-state index in [0.717, 1.165) is 0 Å². The predicted octanol–water partition coefficient (Wildman–Crippen LogP) is 2.94. The fourth-order valence-corrected chi connectivity index (χ4v) is 2.01. The molecule has 0 aromatic heterocycles. The normalized spacial score (nSPS) is 11.3. The van der Waals surface area contributed by atoms with Gasteiger partial charge < -0.3 is 14.5 Å². The zero-order valence-electron chi connectivity index (χ0n) is 9.15. The number of hydrogen-bond acceptors (Lipinski definition) is 2. The van der Waals surface area contributed by atoms with Crippen LogP contribution in [-0.2, 0) is 4.57 Å². The van der Waals surface area contributed by atoms with Gasteiger partial charge in [0.05, 0.1) is 5.30 Å². The predicted molar refractivity (Wildman–Crippen MR) is 69.6 cm³/mol. The zero-order chi connectivity index (χ0) is 13.2. The quantitative estimate of drug-likeness (QED) is 0.851. The molecular formula is C12H10ClO4P. The Kier molecular flexibility index (Phi) is 3.73. The van der Waals surface area contributed by atoms with Crippen LogP contribution < -0.4 is 10.0 Å². The zero-order valence-corrected chi connectivity index (χ0v) is 10.8. The first-order chi connectivity index (χ1) is 8.45. The number of benzene rings is 2. The first-order valence-corrected chi connectivity index (χ1v) is 7.04. The average molecular weight is 285 g/mol. The molecule has 0 saturated heterocycles. The van der Waals surface area contributed by atoms with Gasteiger partial charge in [-0.2, -0.15) is 0 Å². The Balaban J connectivity index is 2.16. The summed E-state index contributed by atoms with van der Waals surface area (Å²) in [6.45, 7) is 0. The highest BCUT2D eigenvalue weighted by Crippen LogP contribution is 2.34. The number of rotatable bonds is 3. The molecule has 2 aromatic carbocycles. The maximum Gasteiger partial charge on any atom is 0.356 e. The van der Waals surface area contributed by atoms with Gasteiger partial charge in [0, 0.05) is 5.02 Å². The van der Waals surface area contributed by atoms with Crippen LogP contribution in [0.5, 0.6) is 11.5 Å². The van der Waals surface area contributed by atoms with Gasteiger partial charge >= 0.3 is 7.60 Å². The van der Waals surface area contributed by atoms with Gasteiger partial charge in [-0.3, -0.25) is 4.57 Å². The van der Waals surface area contributed by atoms with E-state index in [-0.39, 0.29) is 5.30 Å². The van der Waals surface area contributed by atoms with Crippen LogP contribution in [0.3, 0.4) is 0 Å². The maximum atomic E-state index is 11.0. The second kappa shape index (κ2) is 5.12. The van der Waals surface area contributed by atoms with Crippen LogP contribution in [0.25, 0.3) is 0 Å². The Morgan fingerprint density at radius 3 is 1.78 bits per heavy atom. The van der Waals surface area contributed by atoms with E-state index in [1.54, 1.807) is 24.3 Å². The minimum absolute atomic E-state index is 0.0362. The highest BCUT2D eigenvalue weighted by molar-refractivity contribution is 7.60. The molecule has 0 aliphatic rings. The van der Waals surface area contributed by atoms with Crippen LogP contribution in [-0.4, -0.2) is 9.79 Å². The van der Waals surface area contributed by atoms with Gasteiger partial charge in [-0.15, -0.1) is 0 Å². The van der Waals surface area contributed by atoms with Gasteiger partial charge in [-0.05, 0) is 48.5 Å². The molecule has 0 radical (unpaired) electrons. The summed E-state index contributed by atoms with van der Waals surface area (Å²) in [6.07, 6.45) is 0. The molecule has 2 N–H and O–H groups in total. The first kappa shape index (κ1) is 13.1. The summed E-state index contributed by atoms with van der Waals surface area (Å²) in [5, 5.41) is 0.574. The summed E-state index contributed by atoms with van der Waals surface area (Å²) in [4.78, 5) is 17.9. The summed E-state index contributed by atoms with van der Waals surface area (Å²) >= 11 is 5.74. The topological polar surface area (TPSA) is 66.8 Å². The highest BCUT2D eigenvalue weighted by Gasteiger charge is 2.16. The molecular weight excluding hydrogens is 275 g/mol. The second-order valence-electron chi connectivity index (χ2n) is 3.59. The van der Waals surface area contributed by atoms with Crippen LogP contribution in [0.1, 0.15) is 0 Å². The van der Waals surface area contributed by atoms with E-state index in [1.807, 2.05) is 0 Å². The van der Waals surface area contributed by atoms with Crippen molar-refractivity contribution >= 4 is 24.5 Å². The van der Waals surface area contributed by atoms with Crippen molar-refractivity contribution in [1.29, 1.82) is 0 Å². The third-order valence-corrected chi connectivity index (χ3v) is 3.45. The van der Waals surface area contributed by atoms with E-state index in [9.17, 15) is 4.57 Å². The van der Waals surface area contributed by atoms with Crippen molar-refractivity contribution in [3.8, 4) is 11.5 Å². The molecule has 18 heavy (non-hydrogen) atoms.